The van der Waals surface area contributed by atoms with E-state index in [1.54, 1.807) is 0 Å². The van der Waals surface area contributed by atoms with E-state index < -0.39 is 0 Å². The minimum atomic E-state index is 0.358. The highest BCUT2D eigenvalue weighted by Gasteiger charge is 2.50. The maximum atomic E-state index is 5.75. The van der Waals surface area contributed by atoms with E-state index >= 15 is 0 Å². The predicted molar refractivity (Wildman–Crippen MR) is 63.6 cm³/mol. The maximum Gasteiger partial charge on any atom is 0.230 e. The Bertz CT molecular complexity index is 403. The van der Waals surface area contributed by atoms with Crippen molar-refractivity contribution in [2.75, 3.05) is 0 Å². The van der Waals surface area contributed by atoms with Crippen LogP contribution in [0.1, 0.15) is 49.7 Å². The fourth-order valence-electron chi connectivity index (χ4n) is 4.79. The highest BCUT2D eigenvalue weighted by atomic mass is 35.5. The topological polar surface area (TPSA) is 38.9 Å². The van der Waals surface area contributed by atoms with Crippen molar-refractivity contribution >= 4 is 11.6 Å². The zero-order valence-corrected chi connectivity index (χ0v) is 10.6. The van der Waals surface area contributed by atoms with E-state index in [-0.39, 0.29) is 0 Å². The fourth-order valence-corrected chi connectivity index (χ4v) is 4.89. The summed E-state index contributed by atoms with van der Waals surface area (Å²) in [5.41, 5.74) is 0. The number of rotatable bonds is 2. The summed E-state index contributed by atoms with van der Waals surface area (Å²) in [5.74, 6) is 5.99. The molecule has 3 nitrogen and oxygen atoms in total. The highest BCUT2D eigenvalue weighted by molar-refractivity contribution is 6.16. The molecule has 4 aliphatic carbocycles. The van der Waals surface area contributed by atoms with Crippen LogP contribution < -0.4 is 0 Å². The van der Waals surface area contributed by atoms with Gasteiger partial charge in [-0.1, -0.05) is 5.16 Å². The molecule has 4 saturated carbocycles. The van der Waals surface area contributed by atoms with E-state index in [0.717, 1.165) is 29.6 Å². The lowest BCUT2D eigenvalue weighted by molar-refractivity contribution is -0.0131. The first-order valence-corrected chi connectivity index (χ1v) is 7.25. The van der Waals surface area contributed by atoms with E-state index in [1.165, 1.54) is 32.1 Å². The summed E-state index contributed by atoms with van der Waals surface area (Å²) in [4.78, 5) is 4.47. The van der Waals surface area contributed by atoms with E-state index in [2.05, 4.69) is 10.1 Å². The van der Waals surface area contributed by atoms with Crippen LogP contribution in [0.4, 0.5) is 0 Å². The average molecular weight is 253 g/mol. The summed E-state index contributed by atoms with van der Waals surface area (Å²) in [6.07, 6.45) is 7.02. The summed E-state index contributed by atoms with van der Waals surface area (Å²) >= 11 is 5.75. The van der Waals surface area contributed by atoms with E-state index in [0.29, 0.717) is 17.6 Å². The molecule has 0 spiro atoms. The Kier molecular flexibility index (Phi) is 2.26. The van der Waals surface area contributed by atoms with Crippen LogP contribution in [0.15, 0.2) is 4.52 Å². The van der Waals surface area contributed by atoms with Gasteiger partial charge in [0.15, 0.2) is 5.82 Å². The van der Waals surface area contributed by atoms with Gasteiger partial charge < -0.3 is 4.52 Å². The number of hydrogen-bond acceptors (Lipinski definition) is 3. The van der Waals surface area contributed by atoms with Crippen molar-refractivity contribution in [3.05, 3.63) is 11.7 Å². The molecule has 4 fully saturated rings. The summed E-state index contributed by atoms with van der Waals surface area (Å²) in [5, 5.41) is 3.95. The number of halogens is 1. The van der Waals surface area contributed by atoms with Gasteiger partial charge in [-0.25, -0.2) is 0 Å². The van der Waals surface area contributed by atoms with E-state index in [9.17, 15) is 0 Å². The third-order valence-electron chi connectivity index (χ3n) is 5.12. The summed E-state index contributed by atoms with van der Waals surface area (Å²) in [7, 11) is 0. The third kappa shape index (κ3) is 1.55. The Morgan fingerprint density at radius 2 is 1.71 bits per heavy atom. The molecule has 0 unspecified atom stereocenters. The van der Waals surface area contributed by atoms with Gasteiger partial charge in [0.2, 0.25) is 5.89 Å². The minimum absolute atomic E-state index is 0.358. The number of alkyl halides is 1. The molecule has 1 heterocycles. The van der Waals surface area contributed by atoms with Crippen molar-refractivity contribution in [1.82, 2.24) is 10.1 Å². The molecule has 0 aromatic carbocycles. The molecule has 0 saturated heterocycles. The zero-order valence-electron chi connectivity index (χ0n) is 9.81. The number of aromatic nitrogens is 2. The normalized spacial score (nSPS) is 43.2. The summed E-state index contributed by atoms with van der Waals surface area (Å²) in [6, 6.07) is 0. The molecular formula is C13H17ClN2O. The van der Waals surface area contributed by atoms with Crippen LogP contribution in [-0.4, -0.2) is 10.1 Å². The lowest BCUT2D eigenvalue weighted by Gasteiger charge is -2.53. The lowest BCUT2D eigenvalue weighted by Crippen LogP contribution is -2.43. The van der Waals surface area contributed by atoms with Gasteiger partial charge in [-0.2, -0.15) is 4.98 Å². The smallest absolute Gasteiger partial charge is 0.230 e. The standard InChI is InChI=1S/C13H17ClN2O/c14-6-11-15-13(17-16-11)12-9-2-7-1-8(4-9)5-10(12)3-7/h7-10,12H,1-6H2. The molecule has 4 aliphatic rings. The van der Waals surface area contributed by atoms with Crippen LogP contribution in [0.3, 0.4) is 0 Å². The molecule has 0 radical (unpaired) electrons. The van der Waals surface area contributed by atoms with Crippen LogP contribution in [0.25, 0.3) is 0 Å². The molecule has 0 N–H and O–H groups in total. The predicted octanol–water partition coefficient (Wildman–Crippen LogP) is 3.35. The first-order valence-electron chi connectivity index (χ1n) is 6.72. The molecule has 1 aromatic rings. The Balaban J connectivity index is 1.65. The van der Waals surface area contributed by atoms with E-state index in [4.69, 9.17) is 16.1 Å². The van der Waals surface area contributed by atoms with Gasteiger partial charge in [-0.05, 0) is 55.8 Å². The van der Waals surface area contributed by atoms with Crippen LogP contribution >= 0.6 is 11.6 Å². The molecule has 0 aliphatic heterocycles. The number of nitrogens with zero attached hydrogens (tertiary/aromatic N) is 2. The van der Waals surface area contributed by atoms with Crippen LogP contribution in [0.5, 0.6) is 0 Å². The summed E-state index contributed by atoms with van der Waals surface area (Å²) < 4.78 is 5.44. The third-order valence-corrected chi connectivity index (χ3v) is 5.35. The molecule has 1 aromatic heterocycles. The molecule has 5 rings (SSSR count). The Morgan fingerprint density at radius 3 is 2.24 bits per heavy atom. The van der Waals surface area contributed by atoms with Gasteiger partial charge >= 0.3 is 0 Å². The zero-order chi connectivity index (χ0) is 11.4. The van der Waals surface area contributed by atoms with Crippen LogP contribution in [0, 0.1) is 23.7 Å². The number of hydrogen-bond donors (Lipinski definition) is 0. The monoisotopic (exact) mass is 252 g/mol. The lowest BCUT2D eigenvalue weighted by atomic mass is 9.52. The Morgan fingerprint density at radius 1 is 1.06 bits per heavy atom. The van der Waals surface area contributed by atoms with Crippen molar-refractivity contribution in [1.29, 1.82) is 0 Å². The van der Waals surface area contributed by atoms with Gasteiger partial charge in [0, 0.05) is 5.92 Å². The van der Waals surface area contributed by atoms with E-state index in [1.807, 2.05) is 0 Å². The average Bonchev–Trinajstić information content (AvgIpc) is 2.76. The first-order chi connectivity index (χ1) is 8.33. The van der Waals surface area contributed by atoms with Crippen LogP contribution in [0.2, 0.25) is 0 Å². The largest absolute Gasteiger partial charge is 0.339 e. The molecular weight excluding hydrogens is 236 g/mol. The molecule has 4 heteroatoms. The van der Waals surface area contributed by atoms with Crippen molar-refractivity contribution in [3.63, 3.8) is 0 Å². The van der Waals surface area contributed by atoms with Gasteiger partial charge in [-0.15, -0.1) is 11.6 Å². The highest BCUT2D eigenvalue weighted by Crippen LogP contribution is 2.59. The summed E-state index contributed by atoms with van der Waals surface area (Å²) in [6.45, 7) is 0. The second-order valence-corrected chi connectivity index (χ2v) is 6.41. The first kappa shape index (κ1) is 10.4. The minimum Gasteiger partial charge on any atom is -0.339 e. The second-order valence-electron chi connectivity index (χ2n) is 6.14. The second kappa shape index (κ2) is 3.71. The van der Waals surface area contributed by atoms with Crippen LogP contribution in [-0.2, 0) is 5.88 Å². The quantitative estimate of drug-likeness (QED) is 0.758. The molecule has 0 amide bonds. The fraction of sp³-hybridized carbons (Fsp3) is 0.846. The van der Waals surface area contributed by atoms with Crippen molar-refractivity contribution in [2.24, 2.45) is 23.7 Å². The van der Waals surface area contributed by atoms with Gasteiger partial charge in [0.1, 0.15) is 0 Å². The SMILES string of the molecule is ClCc1noc(C2C3CC4CC(C3)CC2C4)n1. The molecule has 17 heavy (non-hydrogen) atoms. The molecule has 4 bridgehead atoms. The van der Waals surface area contributed by atoms with Gasteiger partial charge in [-0.3, -0.25) is 0 Å². The van der Waals surface area contributed by atoms with Crippen molar-refractivity contribution in [2.45, 2.75) is 43.9 Å². The Hall–Kier alpha value is -0.570. The Labute approximate surface area is 106 Å². The molecule has 0 atom stereocenters. The van der Waals surface area contributed by atoms with Gasteiger partial charge in [0.25, 0.3) is 0 Å². The van der Waals surface area contributed by atoms with Crippen molar-refractivity contribution < 1.29 is 4.52 Å². The maximum absolute atomic E-state index is 5.75. The molecule has 92 valence electrons. The van der Waals surface area contributed by atoms with Gasteiger partial charge in [0.05, 0.1) is 5.88 Å². The van der Waals surface area contributed by atoms with Crippen molar-refractivity contribution in [3.8, 4) is 0 Å².